The van der Waals surface area contributed by atoms with Gasteiger partial charge < -0.3 is 19.6 Å². The Bertz CT molecular complexity index is 1450. The molecule has 3 aromatic rings. The molecule has 1 saturated heterocycles. The van der Waals surface area contributed by atoms with Gasteiger partial charge in [-0.05, 0) is 22.6 Å². The number of amides is 2. The lowest BCUT2D eigenvalue weighted by atomic mass is 10.0. The van der Waals surface area contributed by atoms with Crippen molar-refractivity contribution < 1.29 is 33.5 Å². The summed E-state index contributed by atoms with van der Waals surface area (Å²) in [6.45, 7) is -0.416. The Morgan fingerprint density at radius 2 is 1.74 bits per heavy atom. The Hall–Kier alpha value is -4.42. The molecule has 1 fully saturated rings. The molecule has 12 heteroatoms. The highest BCUT2D eigenvalue weighted by atomic mass is 32.2. The van der Waals surface area contributed by atoms with Crippen LogP contribution in [0.3, 0.4) is 0 Å². The molecular formula is C30H27N3O7S2. The van der Waals surface area contributed by atoms with E-state index in [0.29, 0.717) is 5.57 Å². The zero-order chi connectivity index (χ0) is 29.5. The van der Waals surface area contributed by atoms with Gasteiger partial charge in [-0.3, -0.25) is 14.5 Å². The fourth-order valence-corrected chi connectivity index (χ4v) is 6.52. The van der Waals surface area contributed by atoms with Crippen molar-refractivity contribution in [3.05, 3.63) is 105 Å². The number of methoxy groups -OCH3 is 1. The van der Waals surface area contributed by atoms with Crippen LogP contribution >= 0.6 is 23.1 Å². The number of benzene rings is 2. The fourth-order valence-electron chi connectivity index (χ4n) is 4.52. The minimum Gasteiger partial charge on any atom is -0.466 e. The van der Waals surface area contributed by atoms with Gasteiger partial charge in [-0.1, -0.05) is 71.9 Å². The highest BCUT2D eigenvalue weighted by Crippen LogP contribution is 2.41. The first-order chi connectivity index (χ1) is 20.5. The number of rotatable bonds is 11. The minimum atomic E-state index is -0.793. The van der Waals surface area contributed by atoms with Crippen molar-refractivity contribution in [1.29, 1.82) is 0 Å². The van der Waals surface area contributed by atoms with Crippen LogP contribution in [0.4, 0.5) is 0 Å². The van der Waals surface area contributed by atoms with Gasteiger partial charge in [0.15, 0.2) is 6.10 Å². The van der Waals surface area contributed by atoms with Gasteiger partial charge in [0.1, 0.15) is 17.1 Å². The Morgan fingerprint density at radius 3 is 2.36 bits per heavy atom. The van der Waals surface area contributed by atoms with Crippen molar-refractivity contribution in [3.8, 4) is 0 Å². The second-order valence-corrected chi connectivity index (χ2v) is 11.4. The van der Waals surface area contributed by atoms with Gasteiger partial charge >= 0.3 is 11.9 Å². The number of nitrogens with zero attached hydrogens (tertiary/aromatic N) is 2. The summed E-state index contributed by atoms with van der Waals surface area (Å²) in [5.41, 5.74) is 1.90. The Labute approximate surface area is 250 Å². The molecule has 0 aliphatic carbocycles. The lowest BCUT2D eigenvalue weighted by Crippen LogP contribution is -2.70. The van der Waals surface area contributed by atoms with Crippen molar-refractivity contribution in [3.63, 3.8) is 0 Å². The first kappa shape index (κ1) is 29.1. The number of fused-ring (bicyclic) bond motifs is 1. The summed E-state index contributed by atoms with van der Waals surface area (Å²) >= 11 is 2.83. The normalized spacial score (nSPS) is 18.0. The molecule has 3 heterocycles. The number of thiophene rings is 1. The number of hydrogen-bond acceptors (Lipinski definition) is 10. The maximum absolute atomic E-state index is 13.9. The Balaban J connectivity index is 1.40. The van der Waals surface area contributed by atoms with E-state index in [1.54, 1.807) is 0 Å². The molecule has 42 heavy (non-hydrogen) atoms. The lowest BCUT2D eigenvalue weighted by Gasteiger charge is -2.49. The molecule has 0 bridgehead atoms. The summed E-state index contributed by atoms with van der Waals surface area (Å²) < 4.78 is 10.6. The number of nitrogens with one attached hydrogen (secondary N) is 1. The Kier molecular flexibility index (Phi) is 9.35. The number of hydrogen-bond donors (Lipinski definition) is 1. The second kappa shape index (κ2) is 13.5. The number of ether oxygens (including phenoxy) is 2. The molecule has 2 amide bonds. The van der Waals surface area contributed by atoms with E-state index in [2.05, 4.69) is 15.2 Å². The highest BCUT2D eigenvalue weighted by Gasteiger charge is 2.54. The molecule has 0 saturated carbocycles. The largest absolute Gasteiger partial charge is 0.466 e. The molecule has 0 spiro atoms. The van der Waals surface area contributed by atoms with E-state index >= 15 is 0 Å². The van der Waals surface area contributed by atoms with E-state index in [9.17, 15) is 19.2 Å². The van der Waals surface area contributed by atoms with Gasteiger partial charge in [0.05, 0.1) is 19.7 Å². The maximum Gasteiger partial charge on any atom is 0.356 e. The first-order valence-electron chi connectivity index (χ1n) is 13.0. The third-order valence-corrected chi connectivity index (χ3v) is 8.72. The SMILES string of the molecule is COC(=O)CO/N=C/C1=C(C(=O)OC(c2ccccc2)c2ccccc2)N2C(=O)[C@@H](NC(=O)Cc3cccs3)[C@H]2SC1. The average molecular weight is 606 g/mol. The third kappa shape index (κ3) is 6.55. The molecule has 2 atom stereocenters. The summed E-state index contributed by atoms with van der Waals surface area (Å²) in [7, 11) is 1.23. The smallest absolute Gasteiger partial charge is 0.356 e. The van der Waals surface area contributed by atoms with Gasteiger partial charge in [0.25, 0.3) is 5.91 Å². The van der Waals surface area contributed by atoms with Crippen molar-refractivity contribution in [2.24, 2.45) is 5.16 Å². The van der Waals surface area contributed by atoms with E-state index in [4.69, 9.17) is 9.57 Å². The van der Waals surface area contributed by atoms with Crippen LogP contribution in [0.25, 0.3) is 0 Å². The summed E-state index contributed by atoms with van der Waals surface area (Å²) in [6.07, 6.45) is 0.708. The summed E-state index contributed by atoms with van der Waals surface area (Å²) in [5, 5.41) is 8.01. The Morgan fingerprint density at radius 1 is 1.05 bits per heavy atom. The van der Waals surface area contributed by atoms with Crippen LogP contribution in [0.1, 0.15) is 22.1 Å². The van der Waals surface area contributed by atoms with Crippen molar-refractivity contribution >= 4 is 53.1 Å². The first-order valence-corrected chi connectivity index (χ1v) is 14.9. The molecule has 10 nitrogen and oxygen atoms in total. The number of esters is 2. The average Bonchev–Trinajstić information content (AvgIpc) is 3.53. The van der Waals surface area contributed by atoms with E-state index in [-0.39, 0.29) is 23.8 Å². The quantitative estimate of drug-likeness (QED) is 0.153. The number of thioether (sulfide) groups is 1. The standard InChI is InChI=1S/C30H27N3O7S2/c1-38-24(35)17-39-31-16-21-18-42-29-25(32-23(34)15-22-13-8-14-41-22)28(36)33(29)26(21)30(37)40-27(19-9-4-2-5-10-19)20-11-6-3-7-12-20/h2-14,16,25,27,29H,15,17-18H2,1H3,(H,32,34)/b31-16+/t25-,29-/m1/s1. The van der Waals surface area contributed by atoms with Crippen LogP contribution in [-0.4, -0.2) is 65.8 Å². The molecular weight excluding hydrogens is 578 g/mol. The summed E-state index contributed by atoms with van der Waals surface area (Å²) in [4.78, 5) is 58.6. The monoisotopic (exact) mass is 605 g/mol. The number of carbonyl (C=O) groups excluding carboxylic acids is 4. The topological polar surface area (TPSA) is 124 Å². The molecule has 2 aromatic carbocycles. The van der Waals surface area contributed by atoms with Crippen molar-refractivity contribution in [1.82, 2.24) is 10.2 Å². The lowest BCUT2D eigenvalue weighted by molar-refractivity contribution is -0.154. The third-order valence-electron chi connectivity index (χ3n) is 6.55. The van der Waals surface area contributed by atoms with Crippen LogP contribution in [0.2, 0.25) is 0 Å². The van der Waals surface area contributed by atoms with Gasteiger partial charge in [0.2, 0.25) is 12.5 Å². The van der Waals surface area contributed by atoms with Gasteiger partial charge in [-0.15, -0.1) is 23.1 Å². The summed E-state index contributed by atoms with van der Waals surface area (Å²) in [6, 6.07) is 21.5. The fraction of sp³-hybridized carbons (Fsp3) is 0.233. The molecule has 5 rings (SSSR count). The zero-order valence-electron chi connectivity index (χ0n) is 22.5. The van der Waals surface area contributed by atoms with Crippen molar-refractivity contribution in [2.45, 2.75) is 23.9 Å². The predicted molar refractivity (Wildman–Crippen MR) is 157 cm³/mol. The molecule has 0 radical (unpaired) electrons. The van der Waals surface area contributed by atoms with Crippen LogP contribution < -0.4 is 5.32 Å². The number of carbonyl (C=O) groups is 4. The number of oxime groups is 1. The molecule has 2 aliphatic heterocycles. The molecule has 1 N–H and O–H groups in total. The molecule has 0 unspecified atom stereocenters. The molecule has 1 aromatic heterocycles. The predicted octanol–water partition coefficient (Wildman–Crippen LogP) is 3.45. The second-order valence-electron chi connectivity index (χ2n) is 9.28. The van der Waals surface area contributed by atoms with Crippen LogP contribution in [-0.2, 0) is 39.9 Å². The van der Waals surface area contributed by atoms with Gasteiger partial charge in [-0.25, -0.2) is 9.59 Å². The minimum absolute atomic E-state index is 0.00906. The van der Waals surface area contributed by atoms with E-state index in [1.165, 1.54) is 41.3 Å². The molecule has 216 valence electrons. The van der Waals surface area contributed by atoms with Crippen LogP contribution in [0, 0.1) is 0 Å². The molecule has 2 aliphatic rings. The van der Waals surface area contributed by atoms with Crippen LogP contribution in [0.5, 0.6) is 0 Å². The van der Waals surface area contributed by atoms with Crippen molar-refractivity contribution in [2.75, 3.05) is 19.5 Å². The zero-order valence-corrected chi connectivity index (χ0v) is 24.1. The van der Waals surface area contributed by atoms with E-state index < -0.39 is 42.0 Å². The maximum atomic E-state index is 13.9. The summed E-state index contributed by atoms with van der Waals surface area (Å²) in [5.74, 6) is -1.78. The van der Waals surface area contributed by atoms with Crippen LogP contribution in [0.15, 0.2) is 94.6 Å². The van der Waals surface area contributed by atoms with Gasteiger partial charge in [-0.2, -0.15) is 0 Å². The highest BCUT2D eigenvalue weighted by molar-refractivity contribution is 8.00. The number of β-lactam (4-membered cyclic amide) rings is 1. The van der Waals surface area contributed by atoms with Gasteiger partial charge in [0, 0.05) is 16.2 Å². The van der Waals surface area contributed by atoms with E-state index in [1.807, 2.05) is 78.2 Å². The van der Waals surface area contributed by atoms with E-state index in [0.717, 1.165) is 16.0 Å².